The monoisotopic (exact) mass is 373 g/mol. The average Bonchev–Trinajstić information content (AvgIpc) is 3.32. The Morgan fingerprint density at radius 1 is 1.38 bits per heavy atom. The molecule has 0 bridgehead atoms. The number of nitrogens with zero attached hydrogens (tertiary/aromatic N) is 1. The van der Waals surface area contributed by atoms with Crippen LogP contribution in [0.3, 0.4) is 0 Å². The van der Waals surface area contributed by atoms with E-state index in [2.05, 4.69) is 15.3 Å². The summed E-state index contributed by atoms with van der Waals surface area (Å²) >= 11 is 1.53. The molecule has 7 nitrogen and oxygen atoms in total. The first kappa shape index (κ1) is 17.9. The topological polar surface area (TPSA) is 97.2 Å². The van der Waals surface area contributed by atoms with E-state index in [1.165, 1.54) is 17.6 Å². The summed E-state index contributed by atoms with van der Waals surface area (Å²) in [5, 5.41) is 4.73. The van der Waals surface area contributed by atoms with Crippen molar-refractivity contribution in [2.75, 3.05) is 6.61 Å². The summed E-state index contributed by atoms with van der Waals surface area (Å²) in [5.74, 6) is -0.225. The van der Waals surface area contributed by atoms with Gasteiger partial charge in [-0.3, -0.25) is 4.79 Å². The molecule has 0 aliphatic carbocycles. The van der Waals surface area contributed by atoms with E-state index in [4.69, 9.17) is 9.15 Å². The molecule has 3 heterocycles. The van der Waals surface area contributed by atoms with E-state index >= 15 is 0 Å². The number of thiophene rings is 1. The van der Waals surface area contributed by atoms with Crippen molar-refractivity contribution in [3.05, 3.63) is 52.0 Å². The quantitative estimate of drug-likeness (QED) is 0.645. The third-order valence-corrected chi connectivity index (χ3v) is 4.72. The molecule has 26 heavy (non-hydrogen) atoms. The maximum atomic E-state index is 12.5. The third-order valence-electron chi connectivity index (χ3n) is 3.86. The van der Waals surface area contributed by atoms with Gasteiger partial charge in [-0.25, -0.2) is 9.78 Å². The molecular weight excluding hydrogens is 354 g/mol. The van der Waals surface area contributed by atoms with Gasteiger partial charge in [0.05, 0.1) is 29.3 Å². The molecule has 0 saturated heterocycles. The molecule has 0 aliphatic heterocycles. The predicted octanol–water partition coefficient (Wildman–Crippen LogP) is 3.45. The minimum Gasteiger partial charge on any atom is -0.462 e. The molecule has 0 unspecified atom stereocenters. The zero-order valence-corrected chi connectivity index (χ0v) is 15.5. The Morgan fingerprint density at radius 2 is 2.19 bits per heavy atom. The van der Waals surface area contributed by atoms with Crippen molar-refractivity contribution in [1.29, 1.82) is 0 Å². The van der Waals surface area contributed by atoms with E-state index in [1.807, 2.05) is 17.5 Å². The number of carbonyl (C=O) groups excluding carboxylic acids is 2. The van der Waals surface area contributed by atoms with Crippen LogP contribution in [0.5, 0.6) is 0 Å². The first-order valence-electron chi connectivity index (χ1n) is 8.14. The van der Waals surface area contributed by atoms with E-state index < -0.39 is 5.97 Å². The second kappa shape index (κ2) is 7.57. The smallest absolute Gasteiger partial charge is 0.340 e. The molecule has 0 atom stereocenters. The molecule has 0 aromatic carbocycles. The number of hydrogen-bond acceptors (Lipinski definition) is 6. The Labute approximate surface area is 154 Å². The van der Waals surface area contributed by atoms with E-state index in [0.29, 0.717) is 34.1 Å². The van der Waals surface area contributed by atoms with Gasteiger partial charge in [-0.05, 0) is 37.8 Å². The Kier molecular flexibility index (Phi) is 5.22. The molecule has 1 amide bonds. The van der Waals surface area contributed by atoms with Gasteiger partial charge in [0.25, 0.3) is 5.91 Å². The van der Waals surface area contributed by atoms with Crippen molar-refractivity contribution in [1.82, 2.24) is 15.3 Å². The van der Waals surface area contributed by atoms with Crippen molar-refractivity contribution < 1.29 is 18.7 Å². The standard InChI is InChI=1S/C18H19N3O4S/c1-4-24-18(23)14-10(2)15(20-11(14)3)16(22)19-8-12-9-25-17(21-12)13-6-5-7-26-13/h5-7,9,20H,4,8H2,1-3H3,(H,19,22). The second-order valence-corrected chi connectivity index (χ2v) is 6.60. The van der Waals surface area contributed by atoms with Gasteiger partial charge in [-0.2, -0.15) is 0 Å². The van der Waals surface area contributed by atoms with Crippen LogP contribution in [0.1, 0.15) is 44.7 Å². The van der Waals surface area contributed by atoms with Crippen molar-refractivity contribution in [2.24, 2.45) is 0 Å². The van der Waals surface area contributed by atoms with Crippen LogP contribution in [0.15, 0.2) is 28.2 Å². The van der Waals surface area contributed by atoms with Crippen molar-refractivity contribution in [2.45, 2.75) is 27.3 Å². The normalized spacial score (nSPS) is 10.7. The van der Waals surface area contributed by atoms with Crippen LogP contribution in [0.2, 0.25) is 0 Å². The van der Waals surface area contributed by atoms with Crippen LogP contribution in [-0.4, -0.2) is 28.5 Å². The van der Waals surface area contributed by atoms with Crippen LogP contribution in [0.4, 0.5) is 0 Å². The van der Waals surface area contributed by atoms with Crippen molar-refractivity contribution >= 4 is 23.2 Å². The summed E-state index contributed by atoms with van der Waals surface area (Å²) in [7, 11) is 0. The number of esters is 1. The number of aromatic amines is 1. The average molecular weight is 373 g/mol. The maximum absolute atomic E-state index is 12.5. The minimum absolute atomic E-state index is 0.222. The Hall–Kier alpha value is -2.87. The third kappa shape index (κ3) is 3.55. The van der Waals surface area contributed by atoms with E-state index in [9.17, 15) is 9.59 Å². The highest BCUT2D eigenvalue weighted by Crippen LogP contribution is 2.23. The van der Waals surface area contributed by atoms with Gasteiger partial charge in [0.1, 0.15) is 12.0 Å². The maximum Gasteiger partial charge on any atom is 0.340 e. The highest BCUT2D eigenvalue weighted by atomic mass is 32.1. The molecule has 0 aliphatic rings. The van der Waals surface area contributed by atoms with Gasteiger partial charge in [0.15, 0.2) is 0 Å². The van der Waals surface area contributed by atoms with Crippen molar-refractivity contribution in [3.8, 4) is 10.8 Å². The molecule has 8 heteroatoms. The Balaban J connectivity index is 1.69. The van der Waals surface area contributed by atoms with E-state index in [-0.39, 0.29) is 19.1 Å². The molecule has 0 fully saturated rings. The lowest BCUT2D eigenvalue weighted by atomic mass is 10.1. The number of oxazole rings is 1. The van der Waals surface area contributed by atoms with Gasteiger partial charge in [-0.15, -0.1) is 11.3 Å². The number of amides is 1. The van der Waals surface area contributed by atoms with Crippen LogP contribution in [0.25, 0.3) is 10.8 Å². The fourth-order valence-corrected chi connectivity index (χ4v) is 3.30. The zero-order chi connectivity index (χ0) is 18.7. The van der Waals surface area contributed by atoms with Crippen LogP contribution < -0.4 is 5.32 Å². The first-order valence-corrected chi connectivity index (χ1v) is 9.02. The van der Waals surface area contributed by atoms with Crippen LogP contribution >= 0.6 is 11.3 Å². The summed E-state index contributed by atoms with van der Waals surface area (Å²) in [4.78, 5) is 32.7. The largest absolute Gasteiger partial charge is 0.462 e. The van der Waals surface area contributed by atoms with Crippen molar-refractivity contribution in [3.63, 3.8) is 0 Å². The Bertz CT molecular complexity index is 925. The van der Waals surface area contributed by atoms with Crippen LogP contribution in [0, 0.1) is 13.8 Å². The van der Waals surface area contributed by atoms with Crippen LogP contribution in [-0.2, 0) is 11.3 Å². The van der Waals surface area contributed by atoms with Gasteiger partial charge < -0.3 is 19.5 Å². The second-order valence-electron chi connectivity index (χ2n) is 5.65. The molecule has 0 radical (unpaired) electrons. The molecule has 3 aromatic heterocycles. The molecule has 0 saturated carbocycles. The highest BCUT2D eigenvalue weighted by molar-refractivity contribution is 7.13. The molecule has 136 valence electrons. The summed E-state index contributed by atoms with van der Waals surface area (Å²) in [6.45, 7) is 5.70. The van der Waals surface area contributed by atoms with Gasteiger partial charge in [0, 0.05) is 5.69 Å². The lowest BCUT2D eigenvalue weighted by Crippen LogP contribution is -2.24. The summed E-state index contributed by atoms with van der Waals surface area (Å²) < 4.78 is 10.5. The molecule has 3 rings (SSSR count). The van der Waals surface area contributed by atoms with Gasteiger partial charge in [0.2, 0.25) is 5.89 Å². The zero-order valence-electron chi connectivity index (χ0n) is 14.7. The lowest BCUT2D eigenvalue weighted by Gasteiger charge is -2.04. The Morgan fingerprint density at radius 3 is 2.88 bits per heavy atom. The summed E-state index contributed by atoms with van der Waals surface area (Å²) in [6.07, 6.45) is 1.52. The van der Waals surface area contributed by atoms with Gasteiger partial charge in [-0.1, -0.05) is 6.07 Å². The molecular formula is C18H19N3O4S. The van der Waals surface area contributed by atoms with E-state index in [0.717, 1.165) is 4.88 Å². The minimum atomic E-state index is -0.435. The summed E-state index contributed by atoms with van der Waals surface area (Å²) in [6, 6.07) is 3.84. The number of carbonyl (C=O) groups is 2. The highest BCUT2D eigenvalue weighted by Gasteiger charge is 2.22. The summed E-state index contributed by atoms with van der Waals surface area (Å²) in [5.41, 5.74) is 2.53. The van der Waals surface area contributed by atoms with Gasteiger partial charge >= 0.3 is 5.97 Å². The number of ether oxygens (including phenoxy) is 1. The molecule has 2 N–H and O–H groups in total. The van der Waals surface area contributed by atoms with E-state index in [1.54, 1.807) is 20.8 Å². The first-order chi connectivity index (χ1) is 12.5. The SMILES string of the molecule is CCOC(=O)c1c(C)[nH]c(C(=O)NCc2coc(-c3cccs3)n2)c1C. The fraction of sp³-hybridized carbons (Fsp3) is 0.278. The molecule has 3 aromatic rings. The number of hydrogen-bond donors (Lipinski definition) is 2. The number of H-pyrrole nitrogens is 1. The number of rotatable bonds is 6. The molecule has 0 spiro atoms. The number of nitrogens with one attached hydrogen (secondary N) is 2. The fourth-order valence-electron chi connectivity index (χ4n) is 2.65. The number of aryl methyl sites for hydroxylation is 1. The predicted molar refractivity (Wildman–Crippen MR) is 97.2 cm³/mol. The lowest BCUT2D eigenvalue weighted by molar-refractivity contribution is 0.0525. The number of aromatic nitrogens is 2.